The molecule has 0 aromatic carbocycles. The van der Waals surface area contributed by atoms with Crippen LogP contribution in [0.3, 0.4) is 0 Å². The first-order valence-corrected chi connectivity index (χ1v) is 4.46. The van der Waals surface area contributed by atoms with Crippen molar-refractivity contribution in [3.05, 3.63) is 47.6 Å². The zero-order chi connectivity index (χ0) is 9.68. The van der Waals surface area contributed by atoms with Crippen LogP contribution in [0.2, 0.25) is 0 Å². The fourth-order valence-electron chi connectivity index (χ4n) is 1.25. The highest BCUT2D eigenvalue weighted by Crippen LogP contribution is 2.20. The van der Waals surface area contributed by atoms with Crippen molar-refractivity contribution in [3.63, 3.8) is 0 Å². The van der Waals surface area contributed by atoms with Gasteiger partial charge >= 0.3 is 0 Å². The molecule has 0 aromatic heterocycles. The Morgan fingerprint density at radius 2 is 2.38 bits per heavy atom. The Morgan fingerprint density at radius 1 is 1.62 bits per heavy atom. The van der Waals surface area contributed by atoms with Crippen LogP contribution < -0.4 is 0 Å². The molecule has 0 unspecified atom stereocenters. The van der Waals surface area contributed by atoms with E-state index in [1.54, 1.807) is 0 Å². The molecule has 0 saturated carbocycles. The van der Waals surface area contributed by atoms with Gasteiger partial charge in [-0.3, -0.25) is 4.99 Å². The molecule has 0 fully saturated rings. The Balaban J connectivity index is 3.09. The predicted octanol–water partition coefficient (Wildman–Crippen LogP) is 3.08. The Hall–Kier alpha value is -1.37. The van der Waals surface area contributed by atoms with Crippen LogP contribution >= 0.6 is 0 Å². The van der Waals surface area contributed by atoms with E-state index in [1.807, 2.05) is 25.3 Å². The molecule has 0 aliphatic carbocycles. The van der Waals surface area contributed by atoms with Gasteiger partial charge < -0.3 is 0 Å². The number of hydrogen-bond donors (Lipinski definition) is 0. The molecule has 1 heteroatoms. The molecule has 1 rings (SSSR count). The van der Waals surface area contributed by atoms with E-state index in [1.165, 1.54) is 16.7 Å². The number of nitrogens with zero attached hydrogens (tertiary/aromatic N) is 1. The van der Waals surface area contributed by atoms with Crippen LogP contribution in [0.15, 0.2) is 52.6 Å². The second-order valence-electron chi connectivity index (χ2n) is 2.93. The fraction of sp³-hybridized carbons (Fsp3) is 0.250. The largest absolute Gasteiger partial charge is 0.289 e. The minimum absolute atomic E-state index is 0.748. The Bertz CT molecular complexity index is 314. The van der Waals surface area contributed by atoms with Gasteiger partial charge in [-0.25, -0.2) is 0 Å². The molecule has 0 N–H and O–H groups in total. The molecule has 1 aliphatic rings. The van der Waals surface area contributed by atoms with E-state index in [4.69, 9.17) is 0 Å². The van der Waals surface area contributed by atoms with Gasteiger partial charge in [-0.05, 0) is 36.6 Å². The number of allylic oxidation sites excluding steroid dienone is 6. The SMILES string of the molecule is C=CC1=CCN=CC=C1/C(C)=C\C. The van der Waals surface area contributed by atoms with Crippen molar-refractivity contribution < 1.29 is 0 Å². The average molecular weight is 173 g/mol. The minimum Gasteiger partial charge on any atom is -0.289 e. The molecule has 0 radical (unpaired) electrons. The number of aliphatic imine (C=N–C) groups is 1. The normalized spacial score (nSPS) is 17.5. The van der Waals surface area contributed by atoms with E-state index in [9.17, 15) is 0 Å². The molecule has 0 amide bonds. The summed E-state index contributed by atoms with van der Waals surface area (Å²) in [5, 5.41) is 0. The third-order valence-electron chi connectivity index (χ3n) is 2.15. The average Bonchev–Trinajstić information content (AvgIpc) is 2.41. The zero-order valence-electron chi connectivity index (χ0n) is 8.25. The van der Waals surface area contributed by atoms with Crippen molar-refractivity contribution >= 4 is 6.21 Å². The van der Waals surface area contributed by atoms with Crippen LogP contribution in [-0.4, -0.2) is 12.8 Å². The second kappa shape index (κ2) is 4.61. The first-order chi connectivity index (χ1) is 6.29. The van der Waals surface area contributed by atoms with Crippen molar-refractivity contribution in [2.24, 2.45) is 4.99 Å². The van der Waals surface area contributed by atoms with Gasteiger partial charge in [0.15, 0.2) is 0 Å². The Kier molecular flexibility index (Phi) is 3.44. The van der Waals surface area contributed by atoms with Crippen molar-refractivity contribution in [3.8, 4) is 0 Å². The fourth-order valence-corrected chi connectivity index (χ4v) is 1.25. The molecular formula is C12H15N. The summed E-state index contributed by atoms with van der Waals surface area (Å²) in [5.74, 6) is 0. The highest BCUT2D eigenvalue weighted by molar-refractivity contribution is 5.77. The minimum atomic E-state index is 0.748. The van der Waals surface area contributed by atoms with Gasteiger partial charge in [-0.1, -0.05) is 24.8 Å². The summed E-state index contributed by atoms with van der Waals surface area (Å²) in [6.07, 6.45) is 9.97. The molecule has 0 saturated heterocycles. The van der Waals surface area contributed by atoms with E-state index >= 15 is 0 Å². The second-order valence-corrected chi connectivity index (χ2v) is 2.93. The molecule has 0 atom stereocenters. The lowest BCUT2D eigenvalue weighted by Gasteiger charge is -2.06. The summed E-state index contributed by atoms with van der Waals surface area (Å²) in [7, 11) is 0. The lowest BCUT2D eigenvalue weighted by Crippen LogP contribution is -1.89. The molecule has 0 bridgehead atoms. The summed E-state index contributed by atoms with van der Waals surface area (Å²) < 4.78 is 0. The summed E-state index contributed by atoms with van der Waals surface area (Å²) >= 11 is 0. The van der Waals surface area contributed by atoms with Gasteiger partial charge in [0.25, 0.3) is 0 Å². The maximum absolute atomic E-state index is 4.18. The van der Waals surface area contributed by atoms with Crippen molar-refractivity contribution in [2.75, 3.05) is 6.54 Å². The first kappa shape index (κ1) is 9.72. The van der Waals surface area contributed by atoms with Crippen molar-refractivity contribution in [1.82, 2.24) is 0 Å². The summed E-state index contributed by atoms with van der Waals surface area (Å²) in [6.45, 7) is 8.69. The van der Waals surface area contributed by atoms with Crippen molar-refractivity contribution in [1.29, 1.82) is 0 Å². The first-order valence-electron chi connectivity index (χ1n) is 4.46. The number of rotatable bonds is 2. The van der Waals surface area contributed by atoms with Gasteiger partial charge in [-0.2, -0.15) is 0 Å². The number of hydrogen-bond acceptors (Lipinski definition) is 1. The van der Waals surface area contributed by atoms with E-state index in [0.717, 1.165) is 6.54 Å². The van der Waals surface area contributed by atoms with E-state index in [2.05, 4.69) is 30.6 Å². The maximum atomic E-state index is 4.18. The Morgan fingerprint density at radius 3 is 3.00 bits per heavy atom. The van der Waals surface area contributed by atoms with Crippen LogP contribution in [0.25, 0.3) is 0 Å². The summed E-state index contributed by atoms with van der Waals surface area (Å²) in [5.41, 5.74) is 3.66. The predicted molar refractivity (Wildman–Crippen MR) is 59.2 cm³/mol. The van der Waals surface area contributed by atoms with Gasteiger partial charge in [0, 0.05) is 6.21 Å². The van der Waals surface area contributed by atoms with Crippen molar-refractivity contribution in [2.45, 2.75) is 13.8 Å². The van der Waals surface area contributed by atoms with Crippen LogP contribution in [0.4, 0.5) is 0 Å². The standard InChI is InChI=1S/C12H15N/c1-4-10(3)12-7-9-13-8-6-11(12)5-2/h4-7,9H,2,8H2,1,3H3/b10-4-. The van der Waals surface area contributed by atoms with Crippen LogP contribution in [0.1, 0.15) is 13.8 Å². The maximum Gasteiger partial charge on any atom is 0.0579 e. The molecule has 1 aliphatic heterocycles. The van der Waals surface area contributed by atoms with E-state index in [0.29, 0.717) is 0 Å². The third kappa shape index (κ3) is 2.28. The van der Waals surface area contributed by atoms with Gasteiger partial charge in [0.05, 0.1) is 6.54 Å². The lowest BCUT2D eigenvalue weighted by atomic mass is 9.98. The van der Waals surface area contributed by atoms with E-state index in [-0.39, 0.29) is 0 Å². The summed E-state index contributed by atoms with van der Waals surface area (Å²) in [6, 6.07) is 0. The van der Waals surface area contributed by atoms with Gasteiger partial charge in [-0.15, -0.1) is 0 Å². The quantitative estimate of drug-likeness (QED) is 0.608. The molecule has 0 aromatic rings. The zero-order valence-corrected chi connectivity index (χ0v) is 8.25. The molecule has 13 heavy (non-hydrogen) atoms. The summed E-state index contributed by atoms with van der Waals surface area (Å²) in [4.78, 5) is 4.18. The Labute approximate surface area is 79.9 Å². The topological polar surface area (TPSA) is 12.4 Å². The monoisotopic (exact) mass is 173 g/mol. The third-order valence-corrected chi connectivity index (χ3v) is 2.15. The van der Waals surface area contributed by atoms with Gasteiger partial charge in [0.1, 0.15) is 0 Å². The highest BCUT2D eigenvalue weighted by Gasteiger charge is 2.03. The smallest absolute Gasteiger partial charge is 0.0579 e. The molecule has 1 nitrogen and oxygen atoms in total. The van der Waals surface area contributed by atoms with Crippen LogP contribution in [0.5, 0.6) is 0 Å². The lowest BCUT2D eigenvalue weighted by molar-refractivity contribution is 1.25. The highest BCUT2D eigenvalue weighted by atomic mass is 14.7. The van der Waals surface area contributed by atoms with Crippen LogP contribution in [0, 0.1) is 0 Å². The molecular weight excluding hydrogens is 158 g/mol. The molecule has 0 spiro atoms. The van der Waals surface area contributed by atoms with Gasteiger partial charge in [0.2, 0.25) is 0 Å². The van der Waals surface area contributed by atoms with Crippen LogP contribution in [-0.2, 0) is 0 Å². The molecule has 68 valence electrons. The van der Waals surface area contributed by atoms with E-state index < -0.39 is 0 Å². The molecule has 1 heterocycles.